The number of sulfone groups is 1. The molecule has 0 unspecified atom stereocenters. The zero-order valence-electron chi connectivity index (χ0n) is 8.72. The van der Waals surface area contributed by atoms with Crippen LogP contribution >= 0.6 is 0 Å². The molecule has 0 aliphatic carbocycles. The van der Waals surface area contributed by atoms with Gasteiger partial charge in [0.1, 0.15) is 5.37 Å². The van der Waals surface area contributed by atoms with E-state index in [1.807, 2.05) is 6.07 Å². The van der Waals surface area contributed by atoms with E-state index in [1.165, 1.54) is 0 Å². The first kappa shape index (κ1) is 11.1. The molecule has 5 heteroatoms. The molecular formula is C11H13NO3S. The Labute approximate surface area is 94.6 Å². The van der Waals surface area contributed by atoms with E-state index in [9.17, 15) is 13.2 Å². The van der Waals surface area contributed by atoms with Gasteiger partial charge in [0.05, 0.1) is 5.75 Å². The molecule has 16 heavy (non-hydrogen) atoms. The zero-order valence-corrected chi connectivity index (χ0v) is 9.53. The number of hydrogen-bond donors (Lipinski definition) is 1. The van der Waals surface area contributed by atoms with Gasteiger partial charge in [-0.25, -0.2) is 8.42 Å². The smallest absolute Gasteiger partial charge is 0.252 e. The molecule has 1 saturated heterocycles. The van der Waals surface area contributed by atoms with Gasteiger partial charge in [-0.15, -0.1) is 0 Å². The van der Waals surface area contributed by atoms with Crippen molar-refractivity contribution in [3.63, 3.8) is 0 Å². The maximum Gasteiger partial charge on any atom is 0.252 e. The lowest BCUT2D eigenvalue weighted by Crippen LogP contribution is -2.37. The summed E-state index contributed by atoms with van der Waals surface area (Å²) in [6.45, 7) is 0. The summed E-state index contributed by atoms with van der Waals surface area (Å²) in [5.41, 5.74) is 0.490. The van der Waals surface area contributed by atoms with Gasteiger partial charge < -0.3 is 5.32 Å². The Morgan fingerprint density at radius 1 is 1.25 bits per heavy atom. The Hall–Kier alpha value is -1.36. The van der Waals surface area contributed by atoms with E-state index >= 15 is 0 Å². The van der Waals surface area contributed by atoms with Crippen molar-refractivity contribution in [1.82, 2.24) is 5.32 Å². The first-order valence-electron chi connectivity index (χ1n) is 5.17. The summed E-state index contributed by atoms with van der Waals surface area (Å²) >= 11 is 0. The largest absolute Gasteiger partial charge is 0.335 e. The highest BCUT2D eigenvalue weighted by Gasteiger charge is 2.32. The Morgan fingerprint density at radius 2 is 1.94 bits per heavy atom. The van der Waals surface area contributed by atoms with Crippen molar-refractivity contribution in [3.05, 3.63) is 35.9 Å². The van der Waals surface area contributed by atoms with Crippen molar-refractivity contribution in [1.29, 1.82) is 0 Å². The van der Waals surface area contributed by atoms with Crippen LogP contribution in [0.3, 0.4) is 0 Å². The molecule has 1 N–H and O–H groups in total. The van der Waals surface area contributed by atoms with E-state index in [-0.39, 0.29) is 11.7 Å². The number of carbonyl (C=O) groups excluding carboxylic acids is 1. The summed E-state index contributed by atoms with van der Waals surface area (Å²) in [4.78, 5) is 11.7. The number of rotatable bonds is 2. The molecule has 4 nitrogen and oxygen atoms in total. The summed E-state index contributed by atoms with van der Waals surface area (Å²) in [5.74, 6) is -0.150. The lowest BCUT2D eigenvalue weighted by molar-refractivity contribution is 0.0948. The van der Waals surface area contributed by atoms with Crippen molar-refractivity contribution in [2.45, 2.75) is 18.2 Å². The fraction of sp³-hybridized carbons (Fsp3) is 0.364. The van der Waals surface area contributed by atoms with Crippen LogP contribution in [0, 0.1) is 0 Å². The van der Waals surface area contributed by atoms with E-state index < -0.39 is 15.2 Å². The van der Waals surface area contributed by atoms with Gasteiger partial charge in [-0.1, -0.05) is 18.2 Å². The SMILES string of the molecule is O=C(N[C@H]1CCCS1(=O)=O)c1ccccc1. The quantitative estimate of drug-likeness (QED) is 0.835. The number of hydrogen-bond acceptors (Lipinski definition) is 3. The van der Waals surface area contributed by atoms with Crippen LogP contribution in [0.1, 0.15) is 23.2 Å². The second kappa shape index (κ2) is 4.25. The van der Waals surface area contributed by atoms with Crippen molar-refractivity contribution in [3.8, 4) is 0 Å². The fourth-order valence-corrected chi connectivity index (χ4v) is 3.44. The van der Waals surface area contributed by atoms with Crippen LogP contribution in [0.2, 0.25) is 0 Å². The summed E-state index contributed by atoms with van der Waals surface area (Å²) in [5, 5.41) is 1.85. The van der Waals surface area contributed by atoms with E-state index in [1.54, 1.807) is 24.3 Å². The van der Waals surface area contributed by atoms with Gasteiger partial charge in [0.25, 0.3) is 5.91 Å². The molecule has 86 valence electrons. The maximum atomic E-state index is 11.7. The molecule has 0 bridgehead atoms. The molecule has 1 amide bonds. The van der Waals surface area contributed by atoms with E-state index in [0.29, 0.717) is 18.4 Å². The Bertz CT molecular complexity index is 481. The van der Waals surface area contributed by atoms with Crippen LogP contribution in [0.4, 0.5) is 0 Å². The fourth-order valence-electron chi connectivity index (χ4n) is 1.77. The third-order valence-electron chi connectivity index (χ3n) is 2.66. The highest BCUT2D eigenvalue weighted by atomic mass is 32.2. The van der Waals surface area contributed by atoms with Gasteiger partial charge in [0.15, 0.2) is 9.84 Å². The first-order valence-corrected chi connectivity index (χ1v) is 6.88. The average Bonchev–Trinajstić information content (AvgIpc) is 2.59. The molecule has 1 aliphatic heterocycles. The van der Waals surface area contributed by atoms with Gasteiger partial charge in [-0.3, -0.25) is 4.79 Å². The van der Waals surface area contributed by atoms with E-state index in [0.717, 1.165) is 0 Å². The summed E-state index contributed by atoms with van der Waals surface area (Å²) in [6, 6.07) is 8.63. The van der Waals surface area contributed by atoms with Gasteiger partial charge in [0, 0.05) is 5.56 Å². The predicted octanol–water partition coefficient (Wildman–Crippen LogP) is 0.951. The molecule has 2 rings (SSSR count). The molecule has 1 aliphatic rings. The van der Waals surface area contributed by atoms with Crippen molar-refractivity contribution >= 4 is 15.7 Å². The van der Waals surface area contributed by atoms with Gasteiger partial charge in [-0.2, -0.15) is 0 Å². The van der Waals surface area contributed by atoms with E-state index in [2.05, 4.69) is 5.32 Å². The van der Waals surface area contributed by atoms with Crippen molar-refractivity contribution < 1.29 is 13.2 Å². The third-order valence-corrected chi connectivity index (χ3v) is 4.73. The first-order chi connectivity index (χ1) is 7.59. The normalized spacial score (nSPS) is 22.9. The number of nitrogens with one attached hydrogen (secondary N) is 1. The van der Waals surface area contributed by atoms with Gasteiger partial charge in [-0.05, 0) is 25.0 Å². The molecule has 1 fully saturated rings. The lowest BCUT2D eigenvalue weighted by Gasteiger charge is -2.11. The minimum atomic E-state index is -3.12. The summed E-state index contributed by atoms with van der Waals surface area (Å²) in [6.07, 6.45) is 1.14. The molecule has 1 heterocycles. The highest BCUT2D eigenvalue weighted by Crippen LogP contribution is 2.17. The van der Waals surface area contributed by atoms with Crippen LogP contribution < -0.4 is 5.32 Å². The lowest BCUT2D eigenvalue weighted by atomic mass is 10.2. The zero-order chi connectivity index (χ0) is 11.6. The summed E-state index contributed by atoms with van der Waals surface area (Å²) < 4.78 is 23.0. The average molecular weight is 239 g/mol. The Kier molecular flexibility index (Phi) is 2.96. The second-order valence-corrected chi connectivity index (χ2v) is 6.14. The van der Waals surface area contributed by atoms with Gasteiger partial charge >= 0.3 is 0 Å². The maximum absolute atomic E-state index is 11.7. The van der Waals surface area contributed by atoms with E-state index in [4.69, 9.17) is 0 Å². The second-order valence-electron chi connectivity index (χ2n) is 3.84. The monoisotopic (exact) mass is 239 g/mol. The Balaban J connectivity index is 2.09. The molecule has 1 aromatic rings. The van der Waals surface area contributed by atoms with Gasteiger partial charge in [0.2, 0.25) is 0 Å². The van der Waals surface area contributed by atoms with Crippen molar-refractivity contribution in [2.24, 2.45) is 0 Å². The van der Waals surface area contributed by atoms with Crippen LogP contribution in [-0.2, 0) is 9.84 Å². The minimum Gasteiger partial charge on any atom is -0.335 e. The van der Waals surface area contributed by atoms with Crippen LogP contribution in [-0.4, -0.2) is 25.5 Å². The number of carbonyl (C=O) groups is 1. The molecule has 0 radical (unpaired) electrons. The molecule has 0 saturated carbocycles. The number of amides is 1. The Morgan fingerprint density at radius 3 is 2.50 bits per heavy atom. The molecule has 0 spiro atoms. The molecular weight excluding hydrogens is 226 g/mol. The molecule has 0 aromatic heterocycles. The van der Waals surface area contributed by atoms with Crippen LogP contribution in [0.15, 0.2) is 30.3 Å². The number of benzene rings is 1. The van der Waals surface area contributed by atoms with Crippen LogP contribution in [0.25, 0.3) is 0 Å². The highest BCUT2D eigenvalue weighted by molar-refractivity contribution is 7.92. The topological polar surface area (TPSA) is 63.2 Å². The third kappa shape index (κ3) is 2.24. The predicted molar refractivity (Wildman–Crippen MR) is 60.7 cm³/mol. The standard InChI is InChI=1S/C11H13NO3S/c13-11(9-5-2-1-3-6-9)12-10-7-4-8-16(10,14)15/h1-3,5-6,10H,4,7-8H2,(H,12,13)/t10-/m1/s1. The minimum absolute atomic E-state index is 0.173. The van der Waals surface area contributed by atoms with Crippen molar-refractivity contribution in [2.75, 3.05) is 5.75 Å². The van der Waals surface area contributed by atoms with Crippen LogP contribution in [0.5, 0.6) is 0 Å². The summed E-state index contributed by atoms with van der Waals surface area (Å²) in [7, 11) is -3.12. The molecule has 1 aromatic carbocycles. The molecule has 1 atom stereocenters.